The molecule has 0 saturated heterocycles. The SMILES string of the molecule is COc1cc(C(=O)NC2c3cc(OC(F)(F)F)ccc3OC(C)(C)C2O)c([N+](=O)[O-])cc1OC. The lowest BCUT2D eigenvalue weighted by Gasteiger charge is -2.42. The Morgan fingerprint density at radius 1 is 1.18 bits per heavy atom. The molecular weight excluding hydrogens is 465 g/mol. The lowest BCUT2D eigenvalue weighted by molar-refractivity contribution is -0.385. The molecule has 1 heterocycles. The summed E-state index contributed by atoms with van der Waals surface area (Å²) in [6.07, 6.45) is -6.41. The van der Waals surface area contributed by atoms with Gasteiger partial charge in [0.1, 0.15) is 28.8 Å². The maximum Gasteiger partial charge on any atom is 0.573 e. The summed E-state index contributed by atoms with van der Waals surface area (Å²) in [5.74, 6) is -1.44. The van der Waals surface area contributed by atoms with E-state index in [9.17, 15) is 33.2 Å². The summed E-state index contributed by atoms with van der Waals surface area (Å²) in [5, 5.41) is 24.9. The fourth-order valence-corrected chi connectivity index (χ4v) is 3.55. The van der Waals surface area contributed by atoms with Gasteiger partial charge in [-0.15, -0.1) is 13.2 Å². The van der Waals surface area contributed by atoms with Crippen molar-refractivity contribution in [3.05, 3.63) is 51.6 Å². The molecule has 2 aromatic rings. The number of hydrogen-bond acceptors (Lipinski definition) is 8. The first-order valence-electron chi connectivity index (χ1n) is 9.75. The van der Waals surface area contributed by atoms with E-state index in [-0.39, 0.29) is 22.8 Å². The number of ether oxygens (including phenoxy) is 4. The highest BCUT2D eigenvalue weighted by Gasteiger charge is 2.44. The smallest absolute Gasteiger partial charge is 0.493 e. The van der Waals surface area contributed by atoms with Crippen LogP contribution in [-0.4, -0.2) is 48.2 Å². The van der Waals surface area contributed by atoms with Gasteiger partial charge in [0.25, 0.3) is 11.6 Å². The maximum absolute atomic E-state index is 13.1. The summed E-state index contributed by atoms with van der Waals surface area (Å²) in [5.41, 5.74) is -2.29. The normalized spacial score (nSPS) is 18.8. The van der Waals surface area contributed by atoms with Crippen molar-refractivity contribution in [1.82, 2.24) is 5.32 Å². The number of nitrogens with zero attached hydrogens (tertiary/aromatic N) is 1. The summed E-state index contributed by atoms with van der Waals surface area (Å²) in [6, 6.07) is 4.00. The van der Waals surface area contributed by atoms with Crippen LogP contribution in [0.2, 0.25) is 0 Å². The standard InChI is InChI=1S/C21H21F3N2O8/c1-20(2)18(27)17(12-7-10(33-21(22,23)24)5-6-14(12)34-20)25-19(28)11-8-15(31-3)16(32-4)9-13(11)26(29)30/h5-9,17-18,27H,1-4H3,(H,25,28). The van der Waals surface area contributed by atoms with Crippen molar-refractivity contribution in [2.75, 3.05) is 14.2 Å². The Labute approximate surface area is 191 Å². The van der Waals surface area contributed by atoms with Crippen LogP contribution < -0.4 is 24.3 Å². The molecule has 13 heteroatoms. The van der Waals surface area contributed by atoms with Crippen molar-refractivity contribution in [3.8, 4) is 23.0 Å². The molecule has 184 valence electrons. The van der Waals surface area contributed by atoms with Crippen LogP contribution in [0.5, 0.6) is 23.0 Å². The molecule has 0 aliphatic carbocycles. The second kappa shape index (κ2) is 8.89. The summed E-state index contributed by atoms with van der Waals surface area (Å²) in [7, 11) is 2.54. The molecule has 1 aliphatic heterocycles. The van der Waals surface area contributed by atoms with Gasteiger partial charge in [-0.3, -0.25) is 14.9 Å². The van der Waals surface area contributed by atoms with E-state index in [0.29, 0.717) is 0 Å². The van der Waals surface area contributed by atoms with Crippen LogP contribution in [0.15, 0.2) is 30.3 Å². The van der Waals surface area contributed by atoms with Gasteiger partial charge in [-0.2, -0.15) is 0 Å². The molecule has 34 heavy (non-hydrogen) atoms. The minimum Gasteiger partial charge on any atom is -0.493 e. The van der Waals surface area contributed by atoms with Crippen LogP contribution in [0.3, 0.4) is 0 Å². The van der Waals surface area contributed by atoms with Crippen molar-refractivity contribution in [2.45, 2.75) is 38.0 Å². The quantitative estimate of drug-likeness (QED) is 0.469. The number of methoxy groups -OCH3 is 2. The van der Waals surface area contributed by atoms with E-state index in [2.05, 4.69) is 10.1 Å². The minimum atomic E-state index is -4.97. The van der Waals surface area contributed by atoms with E-state index in [4.69, 9.17) is 14.2 Å². The van der Waals surface area contributed by atoms with E-state index in [1.807, 2.05) is 0 Å². The van der Waals surface area contributed by atoms with Crippen LogP contribution in [0.25, 0.3) is 0 Å². The molecule has 1 aliphatic rings. The van der Waals surface area contributed by atoms with Crippen molar-refractivity contribution < 1.29 is 46.9 Å². The highest BCUT2D eigenvalue weighted by atomic mass is 19.4. The van der Waals surface area contributed by atoms with Crippen LogP contribution >= 0.6 is 0 Å². The number of nitro benzene ring substituents is 1. The highest BCUT2D eigenvalue weighted by molar-refractivity contribution is 5.99. The number of benzene rings is 2. The predicted octanol–water partition coefficient (Wildman–Crippen LogP) is 3.51. The van der Waals surface area contributed by atoms with E-state index >= 15 is 0 Å². The number of aliphatic hydroxyl groups is 1. The van der Waals surface area contributed by atoms with Crippen LogP contribution in [0, 0.1) is 10.1 Å². The Bertz CT molecular complexity index is 1120. The first kappa shape index (κ1) is 24.9. The van der Waals surface area contributed by atoms with Gasteiger partial charge in [0.15, 0.2) is 11.5 Å². The fraction of sp³-hybridized carbons (Fsp3) is 0.381. The Hall–Kier alpha value is -3.74. The number of carbonyl (C=O) groups is 1. The molecule has 2 N–H and O–H groups in total. The molecule has 0 radical (unpaired) electrons. The highest BCUT2D eigenvalue weighted by Crippen LogP contribution is 2.43. The van der Waals surface area contributed by atoms with Crippen molar-refractivity contribution in [3.63, 3.8) is 0 Å². The molecule has 2 aromatic carbocycles. The third-order valence-electron chi connectivity index (χ3n) is 5.18. The fourth-order valence-electron chi connectivity index (χ4n) is 3.55. The van der Waals surface area contributed by atoms with Gasteiger partial charge in [-0.05, 0) is 32.0 Å². The van der Waals surface area contributed by atoms with Gasteiger partial charge >= 0.3 is 6.36 Å². The predicted molar refractivity (Wildman–Crippen MR) is 110 cm³/mol. The number of nitrogens with one attached hydrogen (secondary N) is 1. The van der Waals surface area contributed by atoms with Crippen LogP contribution in [-0.2, 0) is 0 Å². The summed E-state index contributed by atoms with van der Waals surface area (Å²) in [4.78, 5) is 23.9. The molecule has 0 aromatic heterocycles. The van der Waals surface area contributed by atoms with Gasteiger partial charge in [0, 0.05) is 11.6 Å². The number of alkyl halides is 3. The molecule has 0 spiro atoms. The number of aliphatic hydroxyl groups excluding tert-OH is 1. The lowest BCUT2D eigenvalue weighted by Crippen LogP contribution is -2.53. The van der Waals surface area contributed by atoms with Crippen molar-refractivity contribution in [2.24, 2.45) is 0 Å². The molecule has 0 bridgehead atoms. The number of nitro groups is 1. The topological polar surface area (TPSA) is 129 Å². The first-order valence-corrected chi connectivity index (χ1v) is 9.75. The van der Waals surface area contributed by atoms with Gasteiger partial charge < -0.3 is 29.4 Å². The molecule has 10 nitrogen and oxygen atoms in total. The van der Waals surface area contributed by atoms with Crippen molar-refractivity contribution in [1.29, 1.82) is 0 Å². The van der Waals surface area contributed by atoms with Gasteiger partial charge in [-0.25, -0.2) is 0 Å². The number of hydrogen-bond donors (Lipinski definition) is 2. The van der Waals surface area contributed by atoms with E-state index in [1.54, 1.807) is 0 Å². The van der Waals surface area contributed by atoms with Crippen molar-refractivity contribution >= 4 is 11.6 Å². The number of carbonyl (C=O) groups excluding carboxylic acids is 1. The average molecular weight is 486 g/mol. The van der Waals surface area contributed by atoms with Gasteiger partial charge in [-0.1, -0.05) is 0 Å². The average Bonchev–Trinajstić information content (AvgIpc) is 2.74. The largest absolute Gasteiger partial charge is 0.573 e. The third kappa shape index (κ3) is 4.93. The summed E-state index contributed by atoms with van der Waals surface area (Å²) >= 11 is 0. The second-order valence-electron chi connectivity index (χ2n) is 7.83. The van der Waals surface area contributed by atoms with E-state index < -0.39 is 51.9 Å². The van der Waals surface area contributed by atoms with Gasteiger partial charge in [0.2, 0.25) is 0 Å². The number of halogens is 3. The Morgan fingerprint density at radius 2 is 1.79 bits per heavy atom. The zero-order valence-electron chi connectivity index (χ0n) is 18.4. The summed E-state index contributed by atoms with van der Waals surface area (Å²) in [6.45, 7) is 3.03. The number of fused-ring (bicyclic) bond motifs is 1. The van der Waals surface area contributed by atoms with E-state index in [1.165, 1.54) is 34.1 Å². The number of amides is 1. The molecule has 3 rings (SSSR count). The molecule has 1 amide bonds. The van der Waals surface area contributed by atoms with Crippen LogP contribution in [0.4, 0.5) is 18.9 Å². The van der Waals surface area contributed by atoms with Gasteiger partial charge in [0.05, 0.1) is 31.3 Å². The maximum atomic E-state index is 13.1. The third-order valence-corrected chi connectivity index (χ3v) is 5.18. The Morgan fingerprint density at radius 3 is 2.35 bits per heavy atom. The number of rotatable bonds is 6. The molecular formula is C21H21F3N2O8. The molecule has 2 unspecified atom stereocenters. The lowest BCUT2D eigenvalue weighted by atomic mass is 9.86. The zero-order valence-corrected chi connectivity index (χ0v) is 18.4. The monoisotopic (exact) mass is 486 g/mol. The van der Waals surface area contributed by atoms with Crippen LogP contribution in [0.1, 0.15) is 35.8 Å². The first-order chi connectivity index (χ1) is 15.8. The summed E-state index contributed by atoms with van der Waals surface area (Å²) < 4.78 is 57.8. The van der Waals surface area contributed by atoms with E-state index in [0.717, 1.165) is 24.3 Å². The Kier molecular flexibility index (Phi) is 6.51. The molecule has 0 saturated carbocycles. The second-order valence-corrected chi connectivity index (χ2v) is 7.83. The zero-order chi connectivity index (χ0) is 25.4. The molecule has 2 atom stereocenters. The molecule has 0 fully saturated rings. The minimum absolute atomic E-state index is 0.00921. The Balaban J connectivity index is 2.06.